The van der Waals surface area contributed by atoms with E-state index in [1.165, 1.54) is 12.0 Å². The van der Waals surface area contributed by atoms with Gasteiger partial charge in [-0.2, -0.15) is 10.2 Å². The second-order valence-corrected chi connectivity index (χ2v) is 2.67. The fourth-order valence-corrected chi connectivity index (χ4v) is 0.708. The minimum Gasteiger partial charge on any atom is -0.273 e. The largest absolute Gasteiger partial charge is 0.273 e. The van der Waals surface area contributed by atoms with Gasteiger partial charge in [-0.3, -0.25) is 9.36 Å². The third kappa shape index (κ3) is 3.06. The van der Waals surface area contributed by atoms with Gasteiger partial charge in [-0.05, 0) is 13.0 Å². The molecule has 5 nitrogen and oxygen atoms in total. The van der Waals surface area contributed by atoms with E-state index < -0.39 is 0 Å². The smallest absolute Gasteiger partial charge is 0.137 e. The molecule has 13 heavy (non-hydrogen) atoms. The molecule has 0 aliphatic rings. The summed E-state index contributed by atoms with van der Waals surface area (Å²) in [6.45, 7) is 2.02. The molecule has 0 saturated carbocycles. The van der Waals surface area contributed by atoms with Gasteiger partial charge in [0.1, 0.15) is 12.7 Å². The van der Waals surface area contributed by atoms with Crippen molar-refractivity contribution in [1.29, 1.82) is 0 Å². The lowest BCUT2D eigenvalue weighted by Crippen LogP contribution is -1.90. The van der Waals surface area contributed by atoms with Crippen LogP contribution in [0.1, 0.15) is 5.69 Å². The summed E-state index contributed by atoms with van der Waals surface area (Å²) in [6, 6.07) is 1.97. The van der Waals surface area contributed by atoms with E-state index >= 15 is 0 Å². The van der Waals surface area contributed by atoms with Crippen LogP contribution in [0.4, 0.5) is 0 Å². The maximum absolute atomic E-state index is 3.93. The Hall–Kier alpha value is -1.65. The quantitative estimate of drug-likeness (QED) is 0.593. The van der Waals surface area contributed by atoms with Crippen molar-refractivity contribution in [2.75, 3.05) is 0 Å². The highest BCUT2D eigenvalue weighted by molar-refractivity contribution is 4.94. The molecule has 0 amide bonds. The monoisotopic (exact) mass is 179 g/mol. The summed E-state index contributed by atoms with van der Waals surface area (Å²) in [5.41, 5.74) is 1.19. The normalized spacial score (nSPS) is 9.15. The summed E-state index contributed by atoms with van der Waals surface area (Å²) in [4.78, 5) is 3.67. The van der Waals surface area contributed by atoms with Gasteiger partial charge in [0.05, 0.1) is 0 Å². The second-order valence-electron chi connectivity index (χ2n) is 2.67. The Bertz CT molecular complexity index is 319. The summed E-state index contributed by atoms with van der Waals surface area (Å²) in [7, 11) is 3.75. The molecule has 70 valence electrons. The van der Waals surface area contributed by atoms with Crippen molar-refractivity contribution < 1.29 is 0 Å². The van der Waals surface area contributed by atoms with E-state index in [0.29, 0.717) is 0 Å². The van der Waals surface area contributed by atoms with Crippen LogP contribution in [0.3, 0.4) is 0 Å². The van der Waals surface area contributed by atoms with Crippen molar-refractivity contribution in [2.24, 2.45) is 14.1 Å². The number of aromatic nitrogens is 5. The molecule has 0 spiro atoms. The average molecular weight is 179 g/mol. The predicted molar refractivity (Wildman–Crippen MR) is 48.9 cm³/mol. The Labute approximate surface area is 77.0 Å². The van der Waals surface area contributed by atoms with E-state index in [1.807, 2.05) is 31.8 Å². The van der Waals surface area contributed by atoms with Crippen molar-refractivity contribution in [3.8, 4) is 0 Å². The third-order valence-electron chi connectivity index (χ3n) is 1.60. The molecule has 5 heteroatoms. The molecule has 0 aliphatic carbocycles. The fraction of sp³-hybridized carbons (Fsp3) is 0.375. The zero-order valence-electron chi connectivity index (χ0n) is 8.05. The minimum atomic E-state index is 1.19. The summed E-state index contributed by atoms with van der Waals surface area (Å²) >= 11 is 0. The van der Waals surface area contributed by atoms with Gasteiger partial charge >= 0.3 is 0 Å². The van der Waals surface area contributed by atoms with Gasteiger partial charge in [0, 0.05) is 26.0 Å². The van der Waals surface area contributed by atoms with E-state index in [4.69, 9.17) is 0 Å². The van der Waals surface area contributed by atoms with Gasteiger partial charge in [0.15, 0.2) is 0 Å². The Morgan fingerprint density at radius 3 is 2.15 bits per heavy atom. The maximum Gasteiger partial charge on any atom is 0.137 e. The Morgan fingerprint density at radius 1 is 1.23 bits per heavy atom. The van der Waals surface area contributed by atoms with Crippen LogP contribution in [0, 0.1) is 6.92 Å². The third-order valence-corrected chi connectivity index (χ3v) is 1.60. The molecule has 0 aliphatic heterocycles. The SMILES string of the molecule is Cc1ccnn1C.Cn1cncn1. The predicted octanol–water partition coefficient (Wildman–Crippen LogP) is 0.544. The van der Waals surface area contributed by atoms with E-state index in [1.54, 1.807) is 17.2 Å². The van der Waals surface area contributed by atoms with E-state index in [2.05, 4.69) is 15.2 Å². The topological polar surface area (TPSA) is 48.5 Å². The Balaban J connectivity index is 0.000000132. The Morgan fingerprint density at radius 2 is 2.00 bits per heavy atom. The van der Waals surface area contributed by atoms with E-state index in [9.17, 15) is 0 Å². The van der Waals surface area contributed by atoms with Gasteiger partial charge in [0.2, 0.25) is 0 Å². The van der Waals surface area contributed by atoms with Crippen LogP contribution in [-0.2, 0) is 14.1 Å². The van der Waals surface area contributed by atoms with Crippen molar-refractivity contribution in [2.45, 2.75) is 6.92 Å². The number of hydrogen-bond donors (Lipinski definition) is 0. The van der Waals surface area contributed by atoms with E-state index in [-0.39, 0.29) is 0 Å². The molecule has 2 heterocycles. The van der Waals surface area contributed by atoms with Gasteiger partial charge in [-0.15, -0.1) is 0 Å². The summed E-state index contributed by atoms with van der Waals surface area (Å²) in [5.74, 6) is 0. The van der Waals surface area contributed by atoms with Crippen molar-refractivity contribution in [1.82, 2.24) is 24.5 Å². The number of hydrogen-bond acceptors (Lipinski definition) is 3. The molecule has 0 N–H and O–H groups in total. The van der Waals surface area contributed by atoms with Crippen LogP contribution in [0.25, 0.3) is 0 Å². The highest BCUT2D eigenvalue weighted by Gasteiger charge is 1.83. The van der Waals surface area contributed by atoms with Crippen LogP contribution in [0.2, 0.25) is 0 Å². The van der Waals surface area contributed by atoms with Crippen LogP contribution in [-0.4, -0.2) is 24.5 Å². The molecule has 0 atom stereocenters. The van der Waals surface area contributed by atoms with Crippen LogP contribution in [0.5, 0.6) is 0 Å². The molecule has 2 aromatic heterocycles. The molecule has 0 saturated heterocycles. The molecule has 0 bridgehead atoms. The number of nitrogens with zero attached hydrogens (tertiary/aromatic N) is 5. The number of rotatable bonds is 0. The molecule has 0 unspecified atom stereocenters. The lowest BCUT2D eigenvalue weighted by atomic mass is 10.5. The molecule has 0 radical (unpaired) electrons. The first-order chi connectivity index (χ1) is 6.20. The van der Waals surface area contributed by atoms with Gasteiger partial charge in [-0.1, -0.05) is 0 Å². The molecular formula is C8H13N5. The van der Waals surface area contributed by atoms with Crippen LogP contribution >= 0.6 is 0 Å². The van der Waals surface area contributed by atoms with Crippen LogP contribution in [0.15, 0.2) is 24.9 Å². The zero-order valence-corrected chi connectivity index (χ0v) is 8.05. The lowest BCUT2D eigenvalue weighted by molar-refractivity contribution is 0.740. The molecule has 0 fully saturated rings. The molecule has 2 rings (SSSR count). The van der Waals surface area contributed by atoms with Gasteiger partial charge in [-0.25, -0.2) is 4.98 Å². The zero-order chi connectivity index (χ0) is 9.68. The first-order valence-electron chi connectivity index (χ1n) is 3.93. The minimum absolute atomic E-state index is 1.19. The van der Waals surface area contributed by atoms with Crippen molar-refractivity contribution >= 4 is 0 Å². The summed E-state index contributed by atoms with van der Waals surface area (Å²) < 4.78 is 3.47. The molecule has 2 aromatic rings. The average Bonchev–Trinajstić information content (AvgIpc) is 2.67. The second kappa shape index (κ2) is 4.39. The lowest BCUT2D eigenvalue weighted by Gasteiger charge is -1.87. The highest BCUT2D eigenvalue weighted by atomic mass is 15.3. The summed E-state index contributed by atoms with van der Waals surface area (Å²) in [5, 5.41) is 7.66. The van der Waals surface area contributed by atoms with Crippen molar-refractivity contribution in [3.63, 3.8) is 0 Å². The first kappa shape index (κ1) is 9.44. The fourth-order valence-electron chi connectivity index (χ4n) is 0.708. The first-order valence-corrected chi connectivity index (χ1v) is 3.93. The van der Waals surface area contributed by atoms with E-state index in [0.717, 1.165) is 0 Å². The summed E-state index contributed by atoms with van der Waals surface area (Å²) in [6.07, 6.45) is 4.93. The van der Waals surface area contributed by atoms with Gasteiger partial charge in [0.25, 0.3) is 0 Å². The standard InChI is InChI=1S/C5H8N2.C3H5N3/c1-5-3-4-6-7(5)2;1-6-3-4-2-5-6/h3-4H,1-2H3;2-3H,1H3. The molecule has 0 aromatic carbocycles. The van der Waals surface area contributed by atoms with Crippen LogP contribution < -0.4 is 0 Å². The maximum atomic E-state index is 3.93. The van der Waals surface area contributed by atoms with Gasteiger partial charge < -0.3 is 0 Å². The Kier molecular flexibility index (Phi) is 3.19. The van der Waals surface area contributed by atoms with Crippen molar-refractivity contribution in [3.05, 3.63) is 30.6 Å². The highest BCUT2D eigenvalue weighted by Crippen LogP contribution is 1.88. The molecular weight excluding hydrogens is 166 g/mol. The number of aryl methyl sites for hydroxylation is 3.